The number of alkyl halides is 1. The minimum Gasteiger partial charge on any atom is -0.379 e. The molecule has 1 rings (SSSR count). The molecule has 2 nitrogen and oxygen atoms in total. The normalized spacial score (nSPS) is 19.5. The van der Waals surface area contributed by atoms with Gasteiger partial charge in [-0.3, -0.25) is 0 Å². The summed E-state index contributed by atoms with van der Waals surface area (Å²) in [4.78, 5) is 0. The maximum atomic E-state index is 5.51. The van der Waals surface area contributed by atoms with Gasteiger partial charge in [-0.2, -0.15) is 0 Å². The Hall–Kier alpha value is 0.210. The zero-order chi connectivity index (χ0) is 10.1. The highest BCUT2D eigenvalue weighted by Crippen LogP contribution is 2.16. The Labute approximate surface area is 92.3 Å². The van der Waals surface area contributed by atoms with E-state index in [1.165, 1.54) is 38.5 Å². The predicted molar refractivity (Wildman–Crippen MR) is 61.0 cm³/mol. The molecule has 0 saturated heterocycles. The van der Waals surface area contributed by atoms with E-state index in [0.29, 0.717) is 12.5 Å². The molecule has 0 atom stereocenters. The van der Waals surface area contributed by atoms with E-state index in [1.54, 1.807) is 0 Å². The molecule has 1 aliphatic carbocycles. The quantitative estimate of drug-likeness (QED) is 0.421. The van der Waals surface area contributed by atoms with Crippen LogP contribution in [0.2, 0.25) is 0 Å². The lowest BCUT2D eigenvalue weighted by Gasteiger charge is -2.15. The summed E-state index contributed by atoms with van der Waals surface area (Å²) < 4.78 is 5.31. The first-order valence-corrected chi connectivity index (χ1v) is 6.34. The summed E-state index contributed by atoms with van der Waals surface area (Å²) >= 11 is 5.51. The molecule has 0 aromatic carbocycles. The van der Waals surface area contributed by atoms with Gasteiger partial charge < -0.3 is 10.1 Å². The minimum atomic E-state index is 0.601. The summed E-state index contributed by atoms with van der Waals surface area (Å²) in [6, 6.07) is 0.733. The average Bonchev–Trinajstić information content (AvgIpc) is 2.46. The lowest BCUT2D eigenvalue weighted by atomic mass is 10.1. The SMILES string of the molecule is ClCCOCCNC1CCCCCC1. The Kier molecular flexibility index (Phi) is 7.47. The first-order valence-electron chi connectivity index (χ1n) is 5.80. The van der Waals surface area contributed by atoms with Gasteiger partial charge >= 0.3 is 0 Å². The number of ether oxygens (including phenoxy) is 1. The Balaban J connectivity index is 1.93. The summed E-state index contributed by atoms with van der Waals surface area (Å²) in [5, 5.41) is 3.55. The van der Waals surface area contributed by atoms with E-state index in [9.17, 15) is 0 Å². The van der Waals surface area contributed by atoms with Gasteiger partial charge in [-0.15, -0.1) is 11.6 Å². The van der Waals surface area contributed by atoms with Crippen molar-refractivity contribution in [3.63, 3.8) is 0 Å². The van der Waals surface area contributed by atoms with Gasteiger partial charge in [0, 0.05) is 18.5 Å². The lowest BCUT2D eigenvalue weighted by Crippen LogP contribution is -2.31. The van der Waals surface area contributed by atoms with Crippen LogP contribution in [-0.2, 0) is 4.74 Å². The van der Waals surface area contributed by atoms with Crippen LogP contribution in [0.15, 0.2) is 0 Å². The first kappa shape index (κ1) is 12.3. The fraction of sp³-hybridized carbons (Fsp3) is 1.00. The predicted octanol–water partition coefficient (Wildman–Crippen LogP) is 2.55. The second-order valence-corrected chi connectivity index (χ2v) is 4.32. The smallest absolute Gasteiger partial charge is 0.0602 e. The summed E-state index contributed by atoms with van der Waals surface area (Å²) in [5.74, 6) is 0.601. The molecule has 3 heteroatoms. The number of hydrogen-bond donors (Lipinski definition) is 1. The Morgan fingerprint density at radius 3 is 2.43 bits per heavy atom. The van der Waals surface area contributed by atoms with Gasteiger partial charge in [0.15, 0.2) is 0 Å². The summed E-state index contributed by atoms with van der Waals surface area (Å²) in [5.41, 5.74) is 0. The molecule has 0 unspecified atom stereocenters. The molecule has 0 aliphatic heterocycles. The molecule has 84 valence electrons. The van der Waals surface area contributed by atoms with Gasteiger partial charge in [0.25, 0.3) is 0 Å². The molecule has 0 amide bonds. The van der Waals surface area contributed by atoms with Gasteiger partial charge in [-0.25, -0.2) is 0 Å². The number of hydrogen-bond acceptors (Lipinski definition) is 2. The third-order valence-corrected chi connectivity index (χ3v) is 2.91. The standard InChI is InChI=1S/C11H22ClNO/c12-7-9-14-10-8-13-11-5-3-1-2-4-6-11/h11,13H,1-10H2. The zero-order valence-corrected chi connectivity index (χ0v) is 9.69. The summed E-state index contributed by atoms with van der Waals surface area (Å²) in [6.07, 6.45) is 8.30. The topological polar surface area (TPSA) is 21.3 Å². The van der Waals surface area contributed by atoms with Crippen LogP contribution in [0.5, 0.6) is 0 Å². The average molecular weight is 220 g/mol. The highest BCUT2D eigenvalue weighted by Gasteiger charge is 2.10. The van der Waals surface area contributed by atoms with Gasteiger partial charge in [-0.05, 0) is 12.8 Å². The molecule has 14 heavy (non-hydrogen) atoms. The molecule has 0 radical (unpaired) electrons. The van der Waals surface area contributed by atoms with Crippen LogP contribution in [0.3, 0.4) is 0 Å². The molecule has 0 bridgehead atoms. The van der Waals surface area contributed by atoms with E-state index in [0.717, 1.165) is 19.2 Å². The maximum Gasteiger partial charge on any atom is 0.0602 e. The monoisotopic (exact) mass is 219 g/mol. The fourth-order valence-electron chi connectivity index (χ4n) is 1.98. The van der Waals surface area contributed by atoms with Crippen molar-refractivity contribution < 1.29 is 4.74 Å². The van der Waals surface area contributed by atoms with Crippen LogP contribution in [0, 0.1) is 0 Å². The number of rotatable bonds is 6. The largest absolute Gasteiger partial charge is 0.379 e. The molecule has 0 spiro atoms. The molecule has 0 aromatic rings. The van der Waals surface area contributed by atoms with Crippen molar-refractivity contribution in [3.8, 4) is 0 Å². The third-order valence-electron chi connectivity index (χ3n) is 2.76. The highest BCUT2D eigenvalue weighted by atomic mass is 35.5. The molecular formula is C11H22ClNO. The molecule has 1 N–H and O–H groups in total. The maximum absolute atomic E-state index is 5.51. The zero-order valence-electron chi connectivity index (χ0n) is 8.93. The van der Waals surface area contributed by atoms with Gasteiger partial charge in [0.2, 0.25) is 0 Å². The molecule has 0 heterocycles. The minimum absolute atomic E-state index is 0.601. The number of halogens is 1. The molecule has 1 aliphatic rings. The van der Waals surface area contributed by atoms with Crippen molar-refractivity contribution in [2.45, 2.75) is 44.6 Å². The Morgan fingerprint density at radius 2 is 1.79 bits per heavy atom. The van der Waals surface area contributed by atoms with Crippen LogP contribution in [0.4, 0.5) is 0 Å². The molecular weight excluding hydrogens is 198 g/mol. The fourth-order valence-corrected chi connectivity index (χ4v) is 2.08. The third kappa shape index (κ3) is 5.84. The van der Waals surface area contributed by atoms with Crippen molar-refractivity contribution in [2.24, 2.45) is 0 Å². The van der Waals surface area contributed by atoms with Crippen LogP contribution in [0.25, 0.3) is 0 Å². The number of nitrogens with one attached hydrogen (secondary N) is 1. The highest BCUT2D eigenvalue weighted by molar-refractivity contribution is 6.17. The van der Waals surface area contributed by atoms with Crippen molar-refractivity contribution in [1.82, 2.24) is 5.32 Å². The van der Waals surface area contributed by atoms with Crippen molar-refractivity contribution in [1.29, 1.82) is 0 Å². The molecule has 1 fully saturated rings. The second kappa shape index (κ2) is 8.51. The van der Waals surface area contributed by atoms with Gasteiger partial charge in [-0.1, -0.05) is 25.7 Å². The van der Waals surface area contributed by atoms with E-state index < -0.39 is 0 Å². The van der Waals surface area contributed by atoms with Crippen molar-refractivity contribution >= 4 is 11.6 Å². The second-order valence-electron chi connectivity index (χ2n) is 3.94. The molecule has 0 aromatic heterocycles. The van der Waals surface area contributed by atoms with E-state index >= 15 is 0 Å². The van der Waals surface area contributed by atoms with Crippen LogP contribution < -0.4 is 5.32 Å². The first-order chi connectivity index (χ1) is 6.93. The van der Waals surface area contributed by atoms with Crippen molar-refractivity contribution in [2.75, 3.05) is 25.6 Å². The van der Waals surface area contributed by atoms with Crippen LogP contribution >= 0.6 is 11.6 Å². The summed E-state index contributed by atoms with van der Waals surface area (Å²) in [6.45, 7) is 2.44. The van der Waals surface area contributed by atoms with E-state index in [4.69, 9.17) is 16.3 Å². The van der Waals surface area contributed by atoms with E-state index in [2.05, 4.69) is 5.32 Å². The van der Waals surface area contributed by atoms with Gasteiger partial charge in [0.05, 0.1) is 13.2 Å². The molecule has 1 saturated carbocycles. The van der Waals surface area contributed by atoms with Crippen LogP contribution in [0.1, 0.15) is 38.5 Å². The Morgan fingerprint density at radius 1 is 1.07 bits per heavy atom. The van der Waals surface area contributed by atoms with Crippen molar-refractivity contribution in [3.05, 3.63) is 0 Å². The van der Waals surface area contributed by atoms with E-state index in [1.807, 2.05) is 0 Å². The van der Waals surface area contributed by atoms with E-state index in [-0.39, 0.29) is 0 Å². The lowest BCUT2D eigenvalue weighted by molar-refractivity contribution is 0.147. The van der Waals surface area contributed by atoms with Gasteiger partial charge in [0.1, 0.15) is 0 Å². The summed E-state index contributed by atoms with van der Waals surface area (Å²) in [7, 11) is 0. The Bertz CT molecular complexity index is 124. The van der Waals surface area contributed by atoms with Crippen LogP contribution in [-0.4, -0.2) is 31.7 Å².